The molecule has 0 bridgehead atoms. The van der Waals surface area contributed by atoms with Crippen molar-refractivity contribution in [2.75, 3.05) is 16.0 Å². The Balaban J connectivity index is 1.50. The number of nitrogens with zero attached hydrogens (tertiary/aromatic N) is 4. The van der Waals surface area contributed by atoms with Gasteiger partial charge in [-0.3, -0.25) is 4.99 Å². The number of rotatable bonds is 5. The number of anilines is 4. The summed E-state index contributed by atoms with van der Waals surface area (Å²) in [5.41, 5.74) is 9.24. The first-order valence-corrected chi connectivity index (χ1v) is 9.55. The fourth-order valence-electron chi connectivity index (χ4n) is 2.80. The number of halogens is 1. The molecule has 0 radical (unpaired) electrons. The fourth-order valence-corrected chi connectivity index (χ4v) is 2.93. The van der Waals surface area contributed by atoms with Crippen LogP contribution in [0.2, 0.25) is 5.02 Å². The number of aromatic nitrogens is 2. The monoisotopic (exact) mass is 418 g/mol. The van der Waals surface area contributed by atoms with Crippen LogP contribution in [0.5, 0.6) is 11.6 Å². The Morgan fingerprint density at radius 2 is 1.97 bits per heavy atom. The highest BCUT2D eigenvalue weighted by Gasteiger charge is 2.10. The van der Waals surface area contributed by atoms with Gasteiger partial charge in [-0.25, -0.2) is 4.98 Å². The molecule has 8 heteroatoms. The van der Waals surface area contributed by atoms with Crippen molar-refractivity contribution in [3.05, 3.63) is 83.9 Å². The molecule has 0 amide bonds. The zero-order chi connectivity index (χ0) is 20.9. The van der Waals surface area contributed by atoms with Gasteiger partial charge in [0.25, 0.3) is 0 Å². The molecular weight excluding hydrogens is 400 g/mol. The Morgan fingerprint density at radius 1 is 1.13 bits per heavy atom. The summed E-state index contributed by atoms with van der Waals surface area (Å²) in [7, 11) is 0. The number of ether oxygens (including phenoxy) is 1. The lowest BCUT2D eigenvalue weighted by molar-refractivity contribution is 0.463. The highest BCUT2D eigenvalue weighted by Crippen LogP contribution is 2.29. The van der Waals surface area contributed by atoms with Crippen LogP contribution < -0.4 is 20.7 Å². The molecule has 150 valence electrons. The molecule has 1 aliphatic heterocycles. The topological polar surface area (TPSA) is 88.7 Å². The number of allylic oxidation sites excluding steroid dienone is 2. The van der Waals surface area contributed by atoms with Crippen LogP contribution in [0.25, 0.3) is 0 Å². The normalized spacial score (nSPS) is 13.0. The minimum atomic E-state index is 0.242. The van der Waals surface area contributed by atoms with E-state index in [1.807, 2.05) is 54.6 Å². The van der Waals surface area contributed by atoms with E-state index in [2.05, 4.69) is 20.3 Å². The van der Waals surface area contributed by atoms with E-state index < -0.39 is 0 Å². The second kappa shape index (κ2) is 8.67. The summed E-state index contributed by atoms with van der Waals surface area (Å²) < 4.78 is 5.76. The minimum absolute atomic E-state index is 0.242. The molecule has 30 heavy (non-hydrogen) atoms. The van der Waals surface area contributed by atoms with Gasteiger partial charge in [0.2, 0.25) is 11.8 Å². The Morgan fingerprint density at radius 3 is 2.77 bits per heavy atom. The van der Waals surface area contributed by atoms with Gasteiger partial charge in [0.15, 0.2) is 0 Å². The zero-order valence-corrected chi connectivity index (χ0v) is 16.9. The van der Waals surface area contributed by atoms with Gasteiger partial charge in [-0.05, 0) is 49.4 Å². The van der Waals surface area contributed by atoms with Crippen LogP contribution in [0.3, 0.4) is 0 Å². The molecule has 3 aromatic rings. The smallest absolute Gasteiger partial charge is 0.243 e. The molecule has 1 aliphatic rings. The molecule has 0 fully saturated rings. The van der Waals surface area contributed by atoms with Crippen molar-refractivity contribution < 1.29 is 4.74 Å². The summed E-state index contributed by atoms with van der Waals surface area (Å²) >= 11 is 6.19. The third-order valence-electron chi connectivity index (χ3n) is 4.23. The van der Waals surface area contributed by atoms with Crippen LogP contribution in [-0.2, 0) is 0 Å². The van der Waals surface area contributed by atoms with Gasteiger partial charge in [0.1, 0.15) is 10.8 Å². The first-order chi connectivity index (χ1) is 14.6. The van der Waals surface area contributed by atoms with Crippen molar-refractivity contribution in [1.29, 1.82) is 0 Å². The van der Waals surface area contributed by atoms with Crippen LogP contribution in [0.15, 0.2) is 83.9 Å². The number of nitrogen functional groups attached to an aromatic ring is 1. The average molecular weight is 419 g/mol. The highest BCUT2D eigenvalue weighted by atomic mass is 35.5. The van der Waals surface area contributed by atoms with Gasteiger partial charge in [-0.1, -0.05) is 17.7 Å². The molecule has 0 spiro atoms. The summed E-state index contributed by atoms with van der Waals surface area (Å²) in [6.45, 7) is 2.00. The third kappa shape index (κ3) is 4.59. The highest BCUT2D eigenvalue weighted by molar-refractivity contribution is 6.31. The number of aliphatic imine (C=N–C) groups is 1. The number of nitrogens with one attached hydrogen (secondary N) is 1. The predicted octanol–water partition coefficient (Wildman–Crippen LogP) is 5.51. The van der Waals surface area contributed by atoms with Gasteiger partial charge < -0.3 is 20.7 Å². The van der Waals surface area contributed by atoms with E-state index in [0.29, 0.717) is 22.4 Å². The lowest BCUT2D eigenvalue weighted by Crippen LogP contribution is -2.12. The molecule has 7 nitrogen and oxygen atoms in total. The molecule has 0 atom stereocenters. The van der Waals surface area contributed by atoms with E-state index in [1.54, 1.807) is 30.5 Å². The molecule has 0 saturated carbocycles. The molecule has 2 aromatic carbocycles. The Hall–Kier alpha value is -3.84. The second-order valence-electron chi connectivity index (χ2n) is 6.47. The van der Waals surface area contributed by atoms with Crippen LogP contribution in [0, 0.1) is 0 Å². The van der Waals surface area contributed by atoms with Gasteiger partial charge in [0, 0.05) is 47.4 Å². The van der Waals surface area contributed by atoms with Crippen LogP contribution in [0.4, 0.5) is 23.0 Å². The standard InChI is InChI=1S/C22H19ClN6O/c1-15-13-25-10-3-11-29(15)18-8-6-17(7-9-18)27-22-26-14-20(23)21(28-22)30-19-5-2-4-16(24)12-19/h2-14H,24H2,1H3,(H,26,27,28). The Labute approximate surface area is 179 Å². The third-order valence-corrected chi connectivity index (χ3v) is 4.49. The van der Waals surface area contributed by atoms with Crippen molar-refractivity contribution >= 4 is 40.8 Å². The zero-order valence-electron chi connectivity index (χ0n) is 16.2. The van der Waals surface area contributed by atoms with Crippen molar-refractivity contribution in [3.63, 3.8) is 0 Å². The number of hydrogen-bond donors (Lipinski definition) is 2. The lowest BCUT2D eigenvalue weighted by Gasteiger charge is -2.20. The second-order valence-corrected chi connectivity index (χ2v) is 6.88. The summed E-state index contributed by atoms with van der Waals surface area (Å²) in [5.74, 6) is 1.15. The Kier molecular flexibility index (Phi) is 5.63. The van der Waals surface area contributed by atoms with E-state index in [-0.39, 0.29) is 5.88 Å². The van der Waals surface area contributed by atoms with E-state index in [0.717, 1.165) is 17.1 Å². The lowest BCUT2D eigenvalue weighted by atomic mass is 10.2. The molecule has 2 heterocycles. The SMILES string of the molecule is CC1=CN=CC=CN1c1ccc(Nc2ncc(Cl)c(Oc3cccc(N)c3)n2)cc1. The molecule has 0 aliphatic carbocycles. The van der Waals surface area contributed by atoms with E-state index in [1.165, 1.54) is 6.20 Å². The first-order valence-electron chi connectivity index (χ1n) is 9.17. The maximum atomic E-state index is 6.19. The van der Waals surface area contributed by atoms with Crippen molar-refractivity contribution in [1.82, 2.24) is 9.97 Å². The molecule has 0 unspecified atom stereocenters. The molecular formula is C22H19ClN6O. The molecule has 4 rings (SSSR count). The van der Waals surface area contributed by atoms with Gasteiger partial charge in [-0.2, -0.15) is 4.98 Å². The van der Waals surface area contributed by atoms with E-state index >= 15 is 0 Å². The molecule has 0 saturated heterocycles. The summed E-state index contributed by atoms with van der Waals surface area (Å²) in [6, 6.07) is 14.9. The van der Waals surface area contributed by atoms with E-state index in [4.69, 9.17) is 22.1 Å². The van der Waals surface area contributed by atoms with Crippen molar-refractivity contribution in [2.24, 2.45) is 4.99 Å². The number of hydrogen-bond acceptors (Lipinski definition) is 7. The summed E-state index contributed by atoms with van der Waals surface area (Å²) in [6.07, 6.45) is 8.91. The molecule has 3 N–H and O–H groups in total. The quantitative estimate of drug-likeness (QED) is 0.531. The minimum Gasteiger partial charge on any atom is -0.437 e. The summed E-state index contributed by atoms with van der Waals surface area (Å²) in [4.78, 5) is 14.8. The fraction of sp³-hybridized carbons (Fsp3) is 0.0455. The average Bonchev–Trinajstić information content (AvgIpc) is 2.95. The van der Waals surface area contributed by atoms with E-state index in [9.17, 15) is 0 Å². The maximum Gasteiger partial charge on any atom is 0.243 e. The predicted molar refractivity (Wildman–Crippen MR) is 122 cm³/mol. The van der Waals surface area contributed by atoms with Gasteiger partial charge in [0.05, 0.1) is 6.20 Å². The summed E-state index contributed by atoms with van der Waals surface area (Å²) in [5, 5.41) is 3.46. The van der Waals surface area contributed by atoms with Gasteiger partial charge in [-0.15, -0.1) is 0 Å². The van der Waals surface area contributed by atoms with Crippen molar-refractivity contribution in [3.8, 4) is 11.6 Å². The molecule has 1 aromatic heterocycles. The first kappa shape index (κ1) is 19.5. The van der Waals surface area contributed by atoms with Crippen LogP contribution >= 0.6 is 11.6 Å². The Bertz CT molecular complexity index is 1140. The largest absolute Gasteiger partial charge is 0.437 e. The number of benzene rings is 2. The van der Waals surface area contributed by atoms with Crippen LogP contribution in [0.1, 0.15) is 6.92 Å². The maximum absolute atomic E-state index is 6.19. The van der Waals surface area contributed by atoms with Crippen molar-refractivity contribution in [2.45, 2.75) is 6.92 Å². The number of nitrogens with two attached hydrogens (primary N) is 1. The van der Waals surface area contributed by atoms with Gasteiger partial charge >= 0.3 is 0 Å². The van der Waals surface area contributed by atoms with Crippen LogP contribution in [-0.4, -0.2) is 16.2 Å².